The number of hydrogen-bond donors (Lipinski definition) is 0. The normalized spacial score (nSPS) is 25.5. The number of rotatable bonds is 0. The van der Waals surface area contributed by atoms with Crippen molar-refractivity contribution in [2.24, 2.45) is 0 Å². The van der Waals surface area contributed by atoms with Gasteiger partial charge in [-0.05, 0) is 11.1 Å². The van der Waals surface area contributed by atoms with E-state index in [1.807, 2.05) is 0 Å². The van der Waals surface area contributed by atoms with E-state index in [0.29, 0.717) is 12.1 Å². The number of benzene rings is 2. The van der Waals surface area contributed by atoms with Crippen molar-refractivity contribution in [1.82, 2.24) is 4.90 Å². The zero-order valence-electron chi connectivity index (χ0n) is 12.0. The molecule has 0 radical (unpaired) electrons. The lowest BCUT2D eigenvalue weighted by Crippen LogP contribution is -2.34. The Morgan fingerprint density at radius 2 is 1.62 bits per heavy atom. The van der Waals surface area contributed by atoms with Crippen LogP contribution in [0.5, 0.6) is 0 Å². The summed E-state index contributed by atoms with van der Waals surface area (Å²) in [5, 5.41) is 0. The predicted octanol–water partition coefficient (Wildman–Crippen LogP) is 2.81. The van der Waals surface area contributed by atoms with Crippen LogP contribution >= 0.6 is 0 Å². The molecule has 2 aromatic rings. The SMILES string of the molecule is [C-]1=[N+]2CCc3ccccc3[C@H]2[C@@H]2c3ccccc3CCN12. The molecule has 2 aromatic carbocycles. The number of hydrogen-bond acceptors (Lipinski definition) is 1. The quantitative estimate of drug-likeness (QED) is 0.529. The first-order chi connectivity index (χ1) is 10.4. The summed E-state index contributed by atoms with van der Waals surface area (Å²) in [5.74, 6) is 0. The lowest BCUT2D eigenvalue weighted by atomic mass is 9.83. The van der Waals surface area contributed by atoms with Crippen molar-refractivity contribution in [3.05, 3.63) is 70.8 Å². The summed E-state index contributed by atoms with van der Waals surface area (Å²) in [6, 6.07) is 18.8. The van der Waals surface area contributed by atoms with Gasteiger partial charge in [-0.3, -0.25) is 0 Å². The molecular weight excluding hydrogens is 256 g/mol. The molecule has 0 aromatic heterocycles. The van der Waals surface area contributed by atoms with E-state index in [2.05, 4.69) is 64.3 Å². The van der Waals surface area contributed by atoms with Crippen molar-refractivity contribution in [3.63, 3.8) is 0 Å². The van der Waals surface area contributed by atoms with E-state index in [-0.39, 0.29) is 0 Å². The largest absolute Gasteiger partial charge is 0.428 e. The minimum Gasteiger partial charge on any atom is -0.428 e. The van der Waals surface area contributed by atoms with Gasteiger partial charge in [0.15, 0.2) is 0 Å². The van der Waals surface area contributed by atoms with Gasteiger partial charge in [-0.1, -0.05) is 48.5 Å². The predicted molar refractivity (Wildman–Crippen MR) is 82.6 cm³/mol. The van der Waals surface area contributed by atoms with Crippen LogP contribution in [0.25, 0.3) is 0 Å². The summed E-state index contributed by atoms with van der Waals surface area (Å²) in [6.07, 6.45) is 5.92. The van der Waals surface area contributed by atoms with E-state index >= 15 is 0 Å². The first-order valence-corrected chi connectivity index (χ1v) is 7.87. The van der Waals surface area contributed by atoms with Crippen molar-refractivity contribution in [3.8, 4) is 0 Å². The summed E-state index contributed by atoms with van der Waals surface area (Å²) >= 11 is 0. The summed E-state index contributed by atoms with van der Waals surface area (Å²) < 4.78 is 2.44. The third-order valence-electron chi connectivity index (χ3n) is 5.22. The third-order valence-corrected chi connectivity index (χ3v) is 5.22. The van der Waals surface area contributed by atoms with Gasteiger partial charge in [-0.2, -0.15) is 0 Å². The zero-order chi connectivity index (χ0) is 13.8. The Kier molecular flexibility index (Phi) is 2.31. The van der Waals surface area contributed by atoms with Crippen LogP contribution in [0.1, 0.15) is 34.3 Å². The molecule has 3 aliphatic heterocycles. The fourth-order valence-electron chi connectivity index (χ4n) is 4.27. The standard InChI is InChI=1S/C19H18N2/c1-3-7-16-14(5-1)9-11-20-13-21-12-10-15-6-2-4-8-17(15)19(21)18(16)20/h1-8,18-19H,9-12H2/t18-,19-/m0/s1. The number of fused-ring (bicyclic) bond motifs is 7. The molecule has 0 bridgehead atoms. The van der Waals surface area contributed by atoms with Gasteiger partial charge in [0.2, 0.25) is 0 Å². The summed E-state index contributed by atoms with van der Waals surface area (Å²) in [5.41, 5.74) is 6.04. The van der Waals surface area contributed by atoms with E-state index < -0.39 is 0 Å². The van der Waals surface area contributed by atoms with E-state index in [1.165, 1.54) is 22.3 Å². The van der Waals surface area contributed by atoms with Crippen LogP contribution in [-0.2, 0) is 12.8 Å². The van der Waals surface area contributed by atoms with E-state index in [9.17, 15) is 0 Å². The first kappa shape index (κ1) is 11.6. The molecule has 0 amide bonds. The first-order valence-electron chi connectivity index (χ1n) is 7.87. The summed E-state index contributed by atoms with van der Waals surface area (Å²) in [6.45, 7) is 2.19. The van der Waals surface area contributed by atoms with Crippen LogP contribution in [0.4, 0.5) is 0 Å². The molecule has 3 aliphatic rings. The Bertz CT molecular complexity index is 747. The van der Waals surface area contributed by atoms with Crippen LogP contribution in [0.3, 0.4) is 0 Å². The fraction of sp³-hybridized carbons (Fsp3) is 0.316. The van der Waals surface area contributed by atoms with Crippen molar-refractivity contribution < 1.29 is 4.58 Å². The minimum atomic E-state index is 0.441. The maximum atomic E-state index is 3.64. The molecule has 0 spiro atoms. The van der Waals surface area contributed by atoms with Crippen molar-refractivity contribution in [2.45, 2.75) is 24.9 Å². The second kappa shape index (κ2) is 4.20. The second-order valence-electron chi connectivity index (χ2n) is 6.27. The Hall–Kier alpha value is -2.09. The molecule has 2 heteroatoms. The maximum Gasteiger partial charge on any atom is 0.132 e. The number of nitrogens with zero attached hydrogens (tertiary/aromatic N) is 2. The van der Waals surface area contributed by atoms with Crippen LogP contribution in [0, 0.1) is 0 Å². The molecule has 21 heavy (non-hydrogen) atoms. The molecule has 0 aliphatic carbocycles. The highest BCUT2D eigenvalue weighted by molar-refractivity contribution is 5.57. The molecule has 5 rings (SSSR count). The average Bonchev–Trinajstić information content (AvgIpc) is 2.94. The van der Waals surface area contributed by atoms with Gasteiger partial charge < -0.3 is 9.48 Å². The molecule has 0 fully saturated rings. The van der Waals surface area contributed by atoms with Gasteiger partial charge in [0.25, 0.3) is 0 Å². The highest BCUT2D eigenvalue weighted by Crippen LogP contribution is 2.45. The lowest BCUT2D eigenvalue weighted by molar-refractivity contribution is -0.567. The van der Waals surface area contributed by atoms with E-state index in [1.54, 1.807) is 0 Å². The molecule has 2 nitrogen and oxygen atoms in total. The van der Waals surface area contributed by atoms with Gasteiger partial charge in [-0.15, -0.1) is 6.34 Å². The second-order valence-corrected chi connectivity index (χ2v) is 6.27. The topological polar surface area (TPSA) is 6.25 Å². The molecular formula is C19H18N2. The van der Waals surface area contributed by atoms with E-state index in [0.717, 1.165) is 25.9 Å². The Balaban J connectivity index is 1.70. The van der Waals surface area contributed by atoms with Crippen LogP contribution < -0.4 is 0 Å². The van der Waals surface area contributed by atoms with Crippen molar-refractivity contribution in [1.29, 1.82) is 0 Å². The summed E-state index contributed by atoms with van der Waals surface area (Å²) in [7, 11) is 0. The fourth-order valence-corrected chi connectivity index (χ4v) is 4.27. The highest BCUT2D eigenvalue weighted by Gasteiger charge is 2.42. The van der Waals surface area contributed by atoms with Crippen LogP contribution in [0.15, 0.2) is 48.5 Å². The molecule has 2 atom stereocenters. The highest BCUT2D eigenvalue weighted by atomic mass is 15.3. The Labute approximate surface area is 125 Å². The summed E-state index contributed by atoms with van der Waals surface area (Å²) in [4.78, 5) is 2.44. The molecule has 104 valence electrons. The molecule has 0 saturated heterocycles. The third kappa shape index (κ3) is 1.56. The van der Waals surface area contributed by atoms with Gasteiger partial charge in [-0.25, -0.2) is 0 Å². The molecule has 0 N–H and O–H groups in total. The van der Waals surface area contributed by atoms with Gasteiger partial charge in [0.05, 0.1) is 13.1 Å². The molecule has 0 saturated carbocycles. The van der Waals surface area contributed by atoms with Gasteiger partial charge in [0, 0.05) is 24.0 Å². The average molecular weight is 274 g/mol. The van der Waals surface area contributed by atoms with E-state index in [4.69, 9.17) is 0 Å². The van der Waals surface area contributed by atoms with Crippen LogP contribution in [-0.4, -0.2) is 28.9 Å². The molecule has 0 unspecified atom stereocenters. The monoisotopic (exact) mass is 274 g/mol. The van der Waals surface area contributed by atoms with Gasteiger partial charge in [0.1, 0.15) is 12.1 Å². The smallest absolute Gasteiger partial charge is 0.132 e. The zero-order valence-corrected chi connectivity index (χ0v) is 12.0. The van der Waals surface area contributed by atoms with Crippen molar-refractivity contribution in [2.75, 3.05) is 13.1 Å². The van der Waals surface area contributed by atoms with Gasteiger partial charge >= 0.3 is 0 Å². The maximum absolute atomic E-state index is 3.64. The molecule has 3 heterocycles. The Morgan fingerprint density at radius 3 is 2.48 bits per heavy atom. The minimum absolute atomic E-state index is 0.441. The van der Waals surface area contributed by atoms with Crippen molar-refractivity contribution >= 4 is 6.34 Å². The Morgan fingerprint density at radius 1 is 0.905 bits per heavy atom. The van der Waals surface area contributed by atoms with Crippen LogP contribution in [0.2, 0.25) is 0 Å². The lowest BCUT2D eigenvalue weighted by Gasteiger charge is -2.37.